The van der Waals surface area contributed by atoms with Gasteiger partial charge in [-0.25, -0.2) is 4.57 Å². The number of esters is 2. The molecule has 0 aliphatic rings. The van der Waals surface area contributed by atoms with E-state index in [2.05, 4.69) is 103 Å². The second-order valence-electron chi connectivity index (χ2n) is 13.4. The molecule has 3 atom stereocenters. The predicted molar refractivity (Wildman–Crippen MR) is 230 cm³/mol. The van der Waals surface area contributed by atoms with Crippen molar-refractivity contribution in [3.8, 4) is 0 Å². The van der Waals surface area contributed by atoms with Crippen molar-refractivity contribution in [2.75, 3.05) is 19.8 Å². The average molecular weight is 818 g/mol. The van der Waals surface area contributed by atoms with Crippen LogP contribution < -0.4 is 5.73 Å². The Labute approximate surface area is 343 Å². The highest BCUT2D eigenvalue weighted by atomic mass is 31.2. The lowest BCUT2D eigenvalue weighted by Crippen LogP contribution is -2.34. The molecule has 0 heterocycles. The number of nitrogens with two attached hydrogens (primary N) is 1. The number of unbranched alkanes of at least 4 members (excludes halogenated alkanes) is 7. The smallest absolute Gasteiger partial charge is 0.472 e. The van der Waals surface area contributed by atoms with Crippen LogP contribution in [0.15, 0.2) is 97.2 Å². The Morgan fingerprint density at radius 1 is 0.561 bits per heavy atom. The van der Waals surface area contributed by atoms with Crippen LogP contribution in [0.2, 0.25) is 0 Å². The summed E-state index contributed by atoms with van der Waals surface area (Å²) >= 11 is 0. The van der Waals surface area contributed by atoms with Gasteiger partial charge in [-0.2, -0.15) is 0 Å². The van der Waals surface area contributed by atoms with E-state index in [4.69, 9.17) is 24.8 Å². The van der Waals surface area contributed by atoms with Crippen LogP contribution in [-0.4, -0.2) is 59.9 Å². The maximum Gasteiger partial charge on any atom is 0.472 e. The van der Waals surface area contributed by atoms with Crippen molar-refractivity contribution in [3.63, 3.8) is 0 Å². The predicted octanol–water partition coefficient (Wildman–Crippen LogP) is 10.9. The summed E-state index contributed by atoms with van der Waals surface area (Å²) in [5.41, 5.74) is 5.32. The number of carbonyl (C=O) groups excluding carboxylic acids is 2. The highest BCUT2D eigenvalue weighted by Crippen LogP contribution is 2.43. The molecule has 12 heteroatoms. The van der Waals surface area contributed by atoms with Crippen molar-refractivity contribution in [3.05, 3.63) is 97.2 Å². The van der Waals surface area contributed by atoms with E-state index in [1.807, 2.05) is 12.2 Å². The number of hydrogen-bond acceptors (Lipinski definition) is 9. The lowest BCUT2D eigenvalue weighted by atomic mass is 10.1. The lowest BCUT2D eigenvalue weighted by molar-refractivity contribution is -0.161. The van der Waals surface area contributed by atoms with E-state index in [1.165, 1.54) is 12.8 Å². The summed E-state index contributed by atoms with van der Waals surface area (Å²) in [6.07, 6.45) is 49.2. The van der Waals surface area contributed by atoms with Crippen molar-refractivity contribution in [2.24, 2.45) is 5.73 Å². The number of rotatable bonds is 37. The zero-order valence-corrected chi connectivity index (χ0v) is 35.5. The molecule has 0 rings (SSSR count). The van der Waals surface area contributed by atoms with Gasteiger partial charge in [0.05, 0.1) is 13.2 Å². The molecule has 0 aliphatic carbocycles. The molecule has 0 aromatic heterocycles. The lowest BCUT2D eigenvalue weighted by Gasteiger charge is -2.20. The Hall–Kier alpha value is -3.60. The Kier molecular flexibility index (Phi) is 36.8. The van der Waals surface area contributed by atoms with Crippen LogP contribution in [0.3, 0.4) is 0 Å². The third-order valence-corrected chi connectivity index (χ3v) is 9.03. The standard InChI is InChI=1S/C45H72NO10P/c1-3-5-7-9-11-13-15-17-19-20-21-22-23-25-26-28-30-32-34-36-43(47)53-38-41(39-54-57(51,52)55-40-42(46)45(49)50)56-44(48)37-35-33-31-29-27-24-18-16-14-12-10-8-6-4-2/h5,7,10-13,16-19,21-22,25-26,30,32,41-42H,3-4,6,8-9,14-15,20,23-24,27-29,31,33-40,46H2,1-2H3,(H,49,50)(H,51,52)/b7-5+,12-10+,13-11+,18-16+,19-17+,22-21+,26-25+,32-30+/t41-,42+/m0/s1. The Morgan fingerprint density at radius 2 is 1.02 bits per heavy atom. The Bertz CT molecular complexity index is 1330. The number of carboxylic acids is 1. The fourth-order valence-electron chi connectivity index (χ4n) is 4.81. The summed E-state index contributed by atoms with van der Waals surface area (Å²) < 4.78 is 32.5. The Morgan fingerprint density at radius 3 is 1.54 bits per heavy atom. The first kappa shape index (κ1) is 53.4. The maximum atomic E-state index is 12.6. The highest BCUT2D eigenvalue weighted by molar-refractivity contribution is 7.47. The van der Waals surface area contributed by atoms with Crippen LogP contribution in [-0.2, 0) is 37.5 Å². The largest absolute Gasteiger partial charge is 0.480 e. The first-order valence-electron chi connectivity index (χ1n) is 20.8. The van der Waals surface area contributed by atoms with E-state index in [0.717, 1.165) is 83.5 Å². The van der Waals surface area contributed by atoms with Crippen molar-refractivity contribution in [1.82, 2.24) is 0 Å². The normalized spacial score (nSPS) is 14.7. The SMILES string of the molecule is CC/C=C/C/C=C/C/C=C/C/C=C/C/C=C/C/C=C/CCC(=O)OC[C@@H](COP(=O)(O)OC[C@@H](N)C(=O)O)OC(=O)CCCCCCC/C=C/C/C=C/CCCC. The van der Waals surface area contributed by atoms with Crippen LogP contribution in [0.1, 0.15) is 136 Å². The molecule has 0 fully saturated rings. The van der Waals surface area contributed by atoms with Crippen molar-refractivity contribution in [1.29, 1.82) is 0 Å². The number of ether oxygens (including phenoxy) is 2. The topological polar surface area (TPSA) is 172 Å². The fourth-order valence-corrected chi connectivity index (χ4v) is 5.59. The van der Waals surface area contributed by atoms with Gasteiger partial charge in [-0.1, -0.05) is 143 Å². The minimum absolute atomic E-state index is 0.0876. The van der Waals surface area contributed by atoms with Crippen LogP contribution in [0.25, 0.3) is 0 Å². The zero-order valence-electron chi connectivity index (χ0n) is 34.6. The molecule has 1 unspecified atom stereocenters. The Balaban J connectivity index is 4.55. The highest BCUT2D eigenvalue weighted by Gasteiger charge is 2.28. The summed E-state index contributed by atoms with van der Waals surface area (Å²) in [5, 5.41) is 8.88. The van der Waals surface area contributed by atoms with Gasteiger partial charge in [0.25, 0.3) is 0 Å². The molecule has 322 valence electrons. The van der Waals surface area contributed by atoms with Crippen LogP contribution >= 0.6 is 7.82 Å². The summed E-state index contributed by atoms with van der Waals surface area (Å²) in [6, 6.07) is -1.54. The van der Waals surface area contributed by atoms with Gasteiger partial charge < -0.3 is 25.2 Å². The minimum atomic E-state index is -4.74. The number of carboxylic acid groups (broad SMARTS) is 1. The molecule has 0 saturated carbocycles. The number of phosphoric ester groups is 1. The number of hydrogen-bond donors (Lipinski definition) is 3. The average Bonchev–Trinajstić information content (AvgIpc) is 3.19. The van der Waals surface area contributed by atoms with Gasteiger partial charge in [-0.15, -0.1) is 0 Å². The summed E-state index contributed by atoms with van der Waals surface area (Å²) in [7, 11) is -4.74. The minimum Gasteiger partial charge on any atom is -0.480 e. The first-order valence-corrected chi connectivity index (χ1v) is 22.3. The van der Waals surface area contributed by atoms with Gasteiger partial charge in [-0.05, 0) is 77.0 Å². The van der Waals surface area contributed by atoms with E-state index < -0.39 is 57.7 Å². The molecule has 0 amide bonds. The fraction of sp³-hybridized carbons (Fsp3) is 0.578. The molecule has 11 nitrogen and oxygen atoms in total. The van der Waals surface area contributed by atoms with Gasteiger partial charge in [0.1, 0.15) is 12.6 Å². The van der Waals surface area contributed by atoms with Crippen LogP contribution in [0.4, 0.5) is 0 Å². The number of aliphatic carboxylic acids is 1. The molecular weight excluding hydrogens is 745 g/mol. The molecule has 0 saturated heterocycles. The second-order valence-corrected chi connectivity index (χ2v) is 14.8. The molecule has 0 aromatic carbocycles. The molecule has 0 aromatic rings. The van der Waals surface area contributed by atoms with E-state index in [0.29, 0.717) is 12.8 Å². The summed E-state index contributed by atoms with van der Waals surface area (Å²) in [5.74, 6) is -2.52. The van der Waals surface area contributed by atoms with E-state index in [9.17, 15) is 23.8 Å². The van der Waals surface area contributed by atoms with Gasteiger partial charge in [-0.3, -0.25) is 23.4 Å². The van der Waals surface area contributed by atoms with E-state index in [-0.39, 0.29) is 12.8 Å². The molecule has 0 aliphatic heterocycles. The number of phosphoric acid groups is 1. The van der Waals surface area contributed by atoms with E-state index >= 15 is 0 Å². The number of allylic oxidation sites excluding steroid dienone is 16. The van der Waals surface area contributed by atoms with Gasteiger partial charge in [0, 0.05) is 12.8 Å². The van der Waals surface area contributed by atoms with Crippen molar-refractivity contribution >= 4 is 25.7 Å². The quantitative estimate of drug-likeness (QED) is 0.0236. The molecule has 0 radical (unpaired) electrons. The second kappa shape index (κ2) is 39.2. The molecular formula is C45H72NO10P. The summed E-state index contributed by atoms with van der Waals surface area (Å²) in [4.78, 5) is 45.9. The monoisotopic (exact) mass is 817 g/mol. The van der Waals surface area contributed by atoms with Gasteiger partial charge in [0.2, 0.25) is 0 Å². The molecule has 0 bridgehead atoms. The molecule has 4 N–H and O–H groups in total. The van der Waals surface area contributed by atoms with Crippen LogP contribution in [0.5, 0.6) is 0 Å². The summed E-state index contributed by atoms with van der Waals surface area (Å²) in [6.45, 7) is 2.53. The van der Waals surface area contributed by atoms with Crippen molar-refractivity contribution in [2.45, 2.75) is 148 Å². The third-order valence-electron chi connectivity index (χ3n) is 8.08. The maximum absolute atomic E-state index is 12.6. The third kappa shape index (κ3) is 39.0. The van der Waals surface area contributed by atoms with Gasteiger partial charge in [0.15, 0.2) is 6.10 Å². The number of carbonyl (C=O) groups is 3. The van der Waals surface area contributed by atoms with Crippen LogP contribution in [0, 0.1) is 0 Å². The zero-order chi connectivity index (χ0) is 42.1. The van der Waals surface area contributed by atoms with Crippen molar-refractivity contribution < 1.29 is 47.5 Å². The first-order chi connectivity index (χ1) is 27.6. The van der Waals surface area contributed by atoms with Gasteiger partial charge >= 0.3 is 25.7 Å². The molecule has 57 heavy (non-hydrogen) atoms. The van der Waals surface area contributed by atoms with E-state index in [1.54, 1.807) is 0 Å². The molecule has 0 spiro atoms.